The van der Waals surface area contributed by atoms with E-state index in [0.29, 0.717) is 5.75 Å². The van der Waals surface area contributed by atoms with Crippen LogP contribution in [0, 0.1) is 0 Å². The molecule has 0 aliphatic carbocycles. The van der Waals surface area contributed by atoms with Crippen molar-refractivity contribution >= 4 is 22.7 Å². The maximum atomic E-state index is 13.0. The molecule has 19 heavy (non-hydrogen) atoms. The molecule has 2 aromatic rings. The molecule has 0 saturated carbocycles. The minimum atomic E-state index is -4.48. The van der Waals surface area contributed by atoms with Gasteiger partial charge in [-0.2, -0.15) is 13.2 Å². The Balaban J connectivity index is 2.40. The van der Waals surface area contributed by atoms with Crippen LogP contribution >= 0.6 is 11.3 Å². The molecule has 1 aromatic carbocycles. The molecule has 2 nitrogen and oxygen atoms in total. The summed E-state index contributed by atoms with van der Waals surface area (Å²) in [6.07, 6.45) is -4.48. The largest absolute Gasteiger partial charge is 0.497 e. The number of thiophene rings is 1. The predicted octanol–water partition coefficient (Wildman–Crippen LogP) is 4.44. The third kappa shape index (κ3) is 3.35. The molecule has 6 heteroatoms. The van der Waals surface area contributed by atoms with Gasteiger partial charge in [0.05, 0.1) is 17.7 Å². The van der Waals surface area contributed by atoms with Gasteiger partial charge in [0.25, 0.3) is 0 Å². The van der Waals surface area contributed by atoms with Crippen molar-refractivity contribution in [3.8, 4) is 5.75 Å². The average Bonchev–Trinajstić information content (AvgIpc) is 2.88. The lowest BCUT2D eigenvalue weighted by Crippen LogP contribution is -2.22. The molecule has 1 aromatic heterocycles. The fourth-order valence-corrected chi connectivity index (χ4v) is 2.19. The van der Waals surface area contributed by atoms with Gasteiger partial charge >= 0.3 is 6.18 Å². The van der Waals surface area contributed by atoms with E-state index in [1.807, 2.05) is 0 Å². The fraction of sp³-hybridized carbons (Fsp3) is 0.154. The molecular weight excluding hydrogens is 275 g/mol. The van der Waals surface area contributed by atoms with Crippen LogP contribution in [0.2, 0.25) is 0 Å². The number of rotatable bonds is 3. The zero-order valence-corrected chi connectivity index (χ0v) is 10.8. The molecule has 0 atom stereocenters. The van der Waals surface area contributed by atoms with Crippen LogP contribution in [0.4, 0.5) is 18.9 Å². The van der Waals surface area contributed by atoms with Gasteiger partial charge in [0, 0.05) is 0 Å². The third-order valence-corrected chi connectivity index (χ3v) is 3.21. The second-order valence-corrected chi connectivity index (χ2v) is 4.58. The predicted molar refractivity (Wildman–Crippen MR) is 69.6 cm³/mol. The van der Waals surface area contributed by atoms with E-state index in [-0.39, 0.29) is 10.6 Å². The summed E-state index contributed by atoms with van der Waals surface area (Å²) in [5.41, 5.74) is -0.644. The Morgan fingerprint density at radius 2 is 1.84 bits per heavy atom. The molecule has 0 aliphatic rings. The molecule has 100 valence electrons. The number of hydrogen-bond acceptors (Lipinski definition) is 3. The summed E-state index contributed by atoms with van der Waals surface area (Å²) in [5.74, 6) is 0.573. The van der Waals surface area contributed by atoms with Crippen molar-refractivity contribution in [2.75, 3.05) is 7.11 Å². The van der Waals surface area contributed by atoms with E-state index in [4.69, 9.17) is 4.74 Å². The van der Waals surface area contributed by atoms with Crippen LogP contribution in [-0.2, 0) is 0 Å². The van der Waals surface area contributed by atoms with E-state index in [2.05, 4.69) is 4.99 Å². The van der Waals surface area contributed by atoms with Gasteiger partial charge in [0.15, 0.2) is 5.71 Å². The van der Waals surface area contributed by atoms with Crippen molar-refractivity contribution in [2.45, 2.75) is 6.18 Å². The van der Waals surface area contributed by atoms with Crippen molar-refractivity contribution in [1.29, 1.82) is 0 Å². The Morgan fingerprint density at radius 1 is 1.16 bits per heavy atom. The van der Waals surface area contributed by atoms with Gasteiger partial charge in [0.2, 0.25) is 0 Å². The minimum Gasteiger partial charge on any atom is -0.497 e. The van der Waals surface area contributed by atoms with Crippen LogP contribution in [0.1, 0.15) is 4.88 Å². The van der Waals surface area contributed by atoms with Crippen molar-refractivity contribution in [3.05, 3.63) is 46.7 Å². The molecule has 0 fully saturated rings. The molecule has 0 spiro atoms. The number of methoxy groups -OCH3 is 1. The highest BCUT2D eigenvalue weighted by Gasteiger charge is 2.37. The zero-order chi connectivity index (χ0) is 13.9. The van der Waals surface area contributed by atoms with Crippen LogP contribution < -0.4 is 4.74 Å². The summed E-state index contributed by atoms with van der Waals surface area (Å²) >= 11 is 1.01. The Morgan fingerprint density at radius 3 is 2.32 bits per heavy atom. The number of halogens is 3. The molecule has 0 N–H and O–H groups in total. The molecule has 0 bridgehead atoms. The van der Waals surface area contributed by atoms with Crippen LogP contribution in [0.3, 0.4) is 0 Å². The van der Waals surface area contributed by atoms with Gasteiger partial charge < -0.3 is 4.74 Å². The van der Waals surface area contributed by atoms with Gasteiger partial charge in [-0.3, -0.25) is 0 Å². The molecule has 0 saturated heterocycles. The van der Waals surface area contributed by atoms with Gasteiger partial charge in [-0.15, -0.1) is 11.3 Å². The summed E-state index contributed by atoms with van der Waals surface area (Å²) in [6.45, 7) is 0. The molecule has 0 aliphatic heterocycles. The zero-order valence-electron chi connectivity index (χ0n) is 9.94. The first-order chi connectivity index (χ1) is 9.00. The summed E-state index contributed by atoms with van der Waals surface area (Å²) in [4.78, 5) is 3.79. The third-order valence-electron chi connectivity index (χ3n) is 2.34. The van der Waals surface area contributed by atoms with Gasteiger partial charge in [0.1, 0.15) is 5.75 Å². The van der Waals surface area contributed by atoms with Crippen molar-refractivity contribution in [3.63, 3.8) is 0 Å². The maximum Gasteiger partial charge on any atom is 0.434 e. The number of benzene rings is 1. The summed E-state index contributed by atoms with van der Waals surface area (Å²) in [7, 11) is 1.49. The van der Waals surface area contributed by atoms with Gasteiger partial charge in [-0.25, -0.2) is 4.99 Å². The van der Waals surface area contributed by atoms with Crippen LogP contribution in [-0.4, -0.2) is 19.0 Å². The highest BCUT2D eigenvalue weighted by atomic mass is 32.1. The van der Waals surface area contributed by atoms with Crippen LogP contribution in [0.15, 0.2) is 46.8 Å². The summed E-state index contributed by atoms with van der Waals surface area (Å²) in [6, 6.07) is 9.08. The highest BCUT2D eigenvalue weighted by Crippen LogP contribution is 2.28. The van der Waals surface area contributed by atoms with E-state index < -0.39 is 11.9 Å². The van der Waals surface area contributed by atoms with Crippen molar-refractivity contribution in [1.82, 2.24) is 0 Å². The normalized spacial score (nSPS) is 12.5. The van der Waals surface area contributed by atoms with Crippen LogP contribution in [0.5, 0.6) is 5.75 Å². The Kier molecular flexibility index (Phi) is 3.90. The smallest absolute Gasteiger partial charge is 0.434 e. The number of alkyl halides is 3. The average molecular weight is 285 g/mol. The first-order valence-electron chi connectivity index (χ1n) is 5.34. The summed E-state index contributed by atoms with van der Waals surface area (Å²) in [5, 5.41) is 1.59. The van der Waals surface area contributed by atoms with Gasteiger partial charge in [-0.1, -0.05) is 6.07 Å². The molecule has 0 unspecified atom stereocenters. The van der Waals surface area contributed by atoms with E-state index in [0.717, 1.165) is 11.3 Å². The molecule has 2 rings (SSSR count). The highest BCUT2D eigenvalue weighted by molar-refractivity contribution is 7.12. The Bertz CT molecular complexity index is 559. The summed E-state index contributed by atoms with van der Waals surface area (Å²) < 4.78 is 43.8. The number of hydrogen-bond donors (Lipinski definition) is 0. The number of nitrogens with zero attached hydrogens (tertiary/aromatic N) is 1. The molecule has 0 amide bonds. The van der Waals surface area contributed by atoms with Crippen molar-refractivity contribution < 1.29 is 17.9 Å². The van der Waals surface area contributed by atoms with Crippen LogP contribution in [0.25, 0.3) is 0 Å². The lowest BCUT2D eigenvalue weighted by Gasteiger charge is -2.09. The van der Waals surface area contributed by atoms with E-state index in [1.165, 1.54) is 25.3 Å². The lowest BCUT2D eigenvalue weighted by atomic mass is 10.2. The Labute approximate surface area is 112 Å². The standard InChI is InChI=1S/C13H10F3NOS/c1-18-10-6-4-9(5-7-10)17-12(13(14,15)16)11-3-2-8-19-11/h2-8H,1H3. The topological polar surface area (TPSA) is 21.6 Å². The second kappa shape index (κ2) is 5.44. The SMILES string of the molecule is COc1ccc(N=C(c2cccs2)C(F)(F)F)cc1. The monoisotopic (exact) mass is 285 g/mol. The quantitative estimate of drug-likeness (QED) is 0.764. The molecular formula is C13H10F3NOS. The first kappa shape index (κ1) is 13.6. The Hall–Kier alpha value is -1.82. The number of ether oxygens (including phenoxy) is 1. The molecule has 1 heterocycles. The second-order valence-electron chi connectivity index (χ2n) is 3.63. The van der Waals surface area contributed by atoms with E-state index >= 15 is 0 Å². The van der Waals surface area contributed by atoms with E-state index in [1.54, 1.807) is 23.6 Å². The van der Waals surface area contributed by atoms with E-state index in [9.17, 15) is 13.2 Å². The minimum absolute atomic E-state index is 0.100. The van der Waals surface area contributed by atoms with Gasteiger partial charge in [-0.05, 0) is 35.7 Å². The fourth-order valence-electron chi connectivity index (χ4n) is 1.46. The first-order valence-corrected chi connectivity index (χ1v) is 6.22. The lowest BCUT2D eigenvalue weighted by molar-refractivity contribution is -0.0578. The number of aliphatic imine (C=N–C) groups is 1. The maximum absolute atomic E-state index is 13.0. The van der Waals surface area contributed by atoms with Crippen molar-refractivity contribution in [2.24, 2.45) is 4.99 Å². The molecule has 0 radical (unpaired) electrons.